The van der Waals surface area contributed by atoms with Gasteiger partial charge in [0, 0.05) is 11.1 Å². The van der Waals surface area contributed by atoms with E-state index in [2.05, 4.69) is 0 Å². The normalized spacial score (nSPS) is 10.0. The van der Waals surface area contributed by atoms with Gasteiger partial charge in [-0.2, -0.15) is 0 Å². The van der Waals surface area contributed by atoms with Crippen LogP contribution in [0.4, 0.5) is 0 Å². The summed E-state index contributed by atoms with van der Waals surface area (Å²) in [6.45, 7) is 1.49. The molecule has 23 heavy (non-hydrogen) atoms. The zero-order chi connectivity index (χ0) is 16.8. The Hall–Kier alpha value is -2.82. The van der Waals surface area contributed by atoms with Gasteiger partial charge in [0.25, 0.3) is 0 Å². The predicted octanol–water partition coefficient (Wildman–Crippen LogP) is 3.26. The maximum absolute atomic E-state index is 12.1. The first kappa shape index (κ1) is 16.5. The number of Topliss-reactive ketones (excluding diaryl/α,β-unsaturated/α-hetero) is 1. The molecule has 0 fully saturated rings. The average Bonchev–Trinajstić information content (AvgIpc) is 2.59. The van der Waals surface area contributed by atoms with Crippen molar-refractivity contribution in [2.45, 2.75) is 13.5 Å². The van der Waals surface area contributed by atoms with Gasteiger partial charge < -0.3 is 14.2 Å². The first-order valence-electron chi connectivity index (χ1n) is 7.04. The van der Waals surface area contributed by atoms with E-state index in [-0.39, 0.29) is 12.4 Å². The number of esters is 1. The van der Waals surface area contributed by atoms with Crippen LogP contribution in [0, 0.1) is 0 Å². The van der Waals surface area contributed by atoms with E-state index < -0.39 is 5.97 Å². The van der Waals surface area contributed by atoms with Crippen LogP contribution in [0.2, 0.25) is 0 Å². The first-order valence-corrected chi connectivity index (χ1v) is 7.04. The van der Waals surface area contributed by atoms with E-state index in [0.717, 1.165) is 0 Å². The molecule has 0 aliphatic heterocycles. The molecule has 0 atom stereocenters. The molecule has 5 heteroatoms. The molecule has 2 aromatic rings. The molecule has 2 aromatic carbocycles. The predicted molar refractivity (Wildman–Crippen MR) is 85.1 cm³/mol. The highest BCUT2D eigenvalue weighted by molar-refractivity contribution is 5.94. The van der Waals surface area contributed by atoms with Crippen molar-refractivity contribution in [3.05, 3.63) is 59.2 Å². The van der Waals surface area contributed by atoms with Crippen LogP contribution in [0.3, 0.4) is 0 Å². The van der Waals surface area contributed by atoms with Crippen LogP contribution in [-0.4, -0.2) is 26.0 Å². The van der Waals surface area contributed by atoms with Crippen molar-refractivity contribution in [3.63, 3.8) is 0 Å². The van der Waals surface area contributed by atoms with Gasteiger partial charge in [0.15, 0.2) is 5.78 Å². The maximum atomic E-state index is 12.1. The van der Waals surface area contributed by atoms with E-state index in [1.807, 2.05) is 0 Å². The molecule has 0 N–H and O–H groups in total. The Labute approximate surface area is 134 Å². The van der Waals surface area contributed by atoms with E-state index >= 15 is 0 Å². The molecule has 5 nitrogen and oxygen atoms in total. The van der Waals surface area contributed by atoms with Gasteiger partial charge in [-0.3, -0.25) is 4.79 Å². The lowest BCUT2D eigenvalue weighted by Crippen LogP contribution is -2.07. The second-order valence-corrected chi connectivity index (χ2v) is 4.89. The summed E-state index contributed by atoms with van der Waals surface area (Å²) in [7, 11) is 3.05. The second kappa shape index (κ2) is 7.45. The van der Waals surface area contributed by atoms with Crippen LogP contribution in [0.5, 0.6) is 11.5 Å². The van der Waals surface area contributed by atoms with Crippen molar-refractivity contribution in [2.75, 3.05) is 14.2 Å². The molecule has 0 spiro atoms. The van der Waals surface area contributed by atoms with Crippen LogP contribution < -0.4 is 9.47 Å². The Balaban J connectivity index is 2.14. The molecule has 0 unspecified atom stereocenters. The molecule has 0 radical (unpaired) electrons. The fourth-order valence-corrected chi connectivity index (χ4v) is 2.09. The lowest BCUT2D eigenvalue weighted by molar-refractivity contribution is 0.0470. The summed E-state index contributed by atoms with van der Waals surface area (Å²) in [5.41, 5.74) is 1.57. The monoisotopic (exact) mass is 314 g/mol. The highest BCUT2D eigenvalue weighted by Gasteiger charge is 2.12. The lowest BCUT2D eigenvalue weighted by Gasteiger charge is -2.11. The van der Waals surface area contributed by atoms with Gasteiger partial charge in [0.05, 0.1) is 19.8 Å². The van der Waals surface area contributed by atoms with Crippen LogP contribution in [0.25, 0.3) is 0 Å². The molecule has 0 heterocycles. The van der Waals surface area contributed by atoms with Gasteiger partial charge in [-0.1, -0.05) is 6.07 Å². The third-order valence-corrected chi connectivity index (χ3v) is 3.35. The number of ketones is 1. The highest BCUT2D eigenvalue weighted by atomic mass is 16.5. The van der Waals surface area contributed by atoms with Crippen LogP contribution in [0.15, 0.2) is 42.5 Å². The van der Waals surface area contributed by atoms with E-state index in [1.54, 1.807) is 42.5 Å². The second-order valence-electron chi connectivity index (χ2n) is 4.89. The van der Waals surface area contributed by atoms with E-state index in [4.69, 9.17) is 14.2 Å². The Bertz CT molecular complexity index is 721. The Morgan fingerprint density at radius 3 is 2.39 bits per heavy atom. The van der Waals surface area contributed by atoms with Gasteiger partial charge in [0.1, 0.15) is 18.1 Å². The fourth-order valence-electron chi connectivity index (χ4n) is 2.09. The van der Waals surface area contributed by atoms with Crippen molar-refractivity contribution >= 4 is 11.8 Å². The molecule has 0 saturated heterocycles. The summed E-state index contributed by atoms with van der Waals surface area (Å²) in [4.78, 5) is 23.6. The average molecular weight is 314 g/mol. The number of hydrogen-bond acceptors (Lipinski definition) is 5. The molecular formula is C18H18O5. The first-order chi connectivity index (χ1) is 11.0. The fraction of sp³-hybridized carbons (Fsp3) is 0.222. The Morgan fingerprint density at radius 2 is 1.74 bits per heavy atom. The summed E-state index contributed by atoms with van der Waals surface area (Å²) in [6, 6.07) is 11.7. The standard InChI is InChI=1S/C18H18O5/c1-12(19)13-7-8-17(22-3)15(9-13)11-23-18(20)14-5-4-6-16(10-14)21-2/h4-10H,11H2,1-3H3. The molecular weight excluding hydrogens is 296 g/mol. The number of methoxy groups -OCH3 is 2. The molecule has 0 aromatic heterocycles. The lowest BCUT2D eigenvalue weighted by atomic mass is 10.1. The molecule has 0 bridgehead atoms. The van der Waals surface area contributed by atoms with E-state index in [9.17, 15) is 9.59 Å². The third-order valence-electron chi connectivity index (χ3n) is 3.35. The smallest absolute Gasteiger partial charge is 0.338 e. The summed E-state index contributed by atoms with van der Waals surface area (Å²) in [5.74, 6) is 0.608. The minimum Gasteiger partial charge on any atom is -0.497 e. The summed E-state index contributed by atoms with van der Waals surface area (Å²) >= 11 is 0. The zero-order valence-electron chi connectivity index (χ0n) is 13.3. The molecule has 2 rings (SSSR count). The van der Waals surface area contributed by atoms with Crippen molar-refractivity contribution in [2.24, 2.45) is 0 Å². The van der Waals surface area contributed by atoms with Gasteiger partial charge in [-0.05, 0) is 43.3 Å². The number of carbonyl (C=O) groups is 2. The van der Waals surface area contributed by atoms with E-state index in [0.29, 0.717) is 28.2 Å². The van der Waals surface area contributed by atoms with Crippen molar-refractivity contribution < 1.29 is 23.8 Å². The van der Waals surface area contributed by atoms with Crippen LogP contribution in [0.1, 0.15) is 33.2 Å². The minimum absolute atomic E-state index is 0.0142. The quantitative estimate of drug-likeness (QED) is 0.605. The van der Waals surface area contributed by atoms with E-state index in [1.165, 1.54) is 21.1 Å². The summed E-state index contributed by atoms with van der Waals surface area (Å²) < 4.78 is 15.6. The minimum atomic E-state index is -0.473. The van der Waals surface area contributed by atoms with Crippen molar-refractivity contribution in [1.29, 1.82) is 0 Å². The Kier molecular flexibility index (Phi) is 5.36. The van der Waals surface area contributed by atoms with Gasteiger partial charge >= 0.3 is 5.97 Å². The van der Waals surface area contributed by atoms with Crippen LogP contribution in [-0.2, 0) is 11.3 Å². The number of ether oxygens (including phenoxy) is 3. The number of rotatable bonds is 6. The molecule has 120 valence electrons. The third kappa shape index (κ3) is 4.10. The molecule has 0 aliphatic carbocycles. The maximum Gasteiger partial charge on any atom is 0.338 e. The van der Waals surface area contributed by atoms with Crippen LogP contribution >= 0.6 is 0 Å². The summed E-state index contributed by atoms with van der Waals surface area (Å²) in [6.07, 6.45) is 0. The number of hydrogen-bond donors (Lipinski definition) is 0. The van der Waals surface area contributed by atoms with Gasteiger partial charge in [-0.25, -0.2) is 4.79 Å². The number of carbonyl (C=O) groups excluding carboxylic acids is 2. The SMILES string of the molecule is COc1cccc(C(=O)OCc2cc(C(C)=O)ccc2OC)c1. The summed E-state index contributed by atoms with van der Waals surface area (Å²) in [5, 5.41) is 0. The topological polar surface area (TPSA) is 61.8 Å². The number of benzene rings is 2. The van der Waals surface area contributed by atoms with Crippen molar-refractivity contribution in [1.82, 2.24) is 0 Å². The molecule has 0 saturated carbocycles. The van der Waals surface area contributed by atoms with Gasteiger partial charge in [-0.15, -0.1) is 0 Å². The Morgan fingerprint density at radius 1 is 0.957 bits per heavy atom. The van der Waals surface area contributed by atoms with Crippen molar-refractivity contribution in [3.8, 4) is 11.5 Å². The zero-order valence-corrected chi connectivity index (χ0v) is 13.3. The highest BCUT2D eigenvalue weighted by Crippen LogP contribution is 2.22. The molecule has 0 aliphatic rings. The molecule has 0 amide bonds. The largest absolute Gasteiger partial charge is 0.497 e. The van der Waals surface area contributed by atoms with Gasteiger partial charge in [0.2, 0.25) is 0 Å².